The van der Waals surface area contributed by atoms with Gasteiger partial charge in [0.1, 0.15) is 0 Å². The molecule has 1 aromatic carbocycles. The van der Waals surface area contributed by atoms with E-state index in [9.17, 15) is 4.79 Å². The summed E-state index contributed by atoms with van der Waals surface area (Å²) in [6.07, 6.45) is 0.877. The maximum atomic E-state index is 10.4. The molecule has 0 fully saturated rings. The van der Waals surface area contributed by atoms with E-state index in [1.807, 2.05) is 25.2 Å². The van der Waals surface area contributed by atoms with Gasteiger partial charge in [-0.25, -0.2) is 0 Å². The number of hydrogen-bond donors (Lipinski definition) is 1. The van der Waals surface area contributed by atoms with Crippen LogP contribution in [0.4, 0.5) is 0 Å². The fraction of sp³-hybridized carbons (Fsp3) is 0.417. The molecule has 0 atom stereocenters. The van der Waals surface area contributed by atoms with Crippen LogP contribution >= 0.6 is 27.5 Å². The smallest absolute Gasteiger partial charge is 0.303 e. The van der Waals surface area contributed by atoms with E-state index in [4.69, 9.17) is 16.7 Å². The fourth-order valence-electron chi connectivity index (χ4n) is 1.53. The third-order valence-corrected chi connectivity index (χ3v) is 3.60. The molecule has 0 saturated carbocycles. The van der Waals surface area contributed by atoms with Crippen LogP contribution in [0.2, 0.25) is 5.02 Å². The predicted octanol–water partition coefficient (Wildman–Crippen LogP) is 3.40. The molecule has 5 heteroatoms. The van der Waals surface area contributed by atoms with E-state index in [-0.39, 0.29) is 6.42 Å². The molecule has 0 aromatic heterocycles. The molecule has 0 unspecified atom stereocenters. The SMILES string of the molecule is CN(CCCC(=O)O)Cc1ccc(Br)c(Cl)c1. The van der Waals surface area contributed by atoms with E-state index in [0.717, 1.165) is 23.1 Å². The van der Waals surface area contributed by atoms with Crippen LogP contribution in [-0.2, 0) is 11.3 Å². The zero-order valence-electron chi connectivity index (χ0n) is 9.62. The molecular weight excluding hydrogens is 305 g/mol. The van der Waals surface area contributed by atoms with E-state index in [1.54, 1.807) is 0 Å². The van der Waals surface area contributed by atoms with E-state index in [0.29, 0.717) is 11.4 Å². The molecule has 1 rings (SSSR count). The second-order valence-corrected chi connectivity index (χ2v) is 5.25. The van der Waals surface area contributed by atoms with E-state index in [1.165, 1.54) is 0 Å². The van der Waals surface area contributed by atoms with Crippen molar-refractivity contribution in [3.05, 3.63) is 33.3 Å². The van der Waals surface area contributed by atoms with Crippen molar-refractivity contribution < 1.29 is 9.90 Å². The summed E-state index contributed by atoms with van der Waals surface area (Å²) < 4.78 is 0.886. The highest BCUT2D eigenvalue weighted by atomic mass is 79.9. The van der Waals surface area contributed by atoms with Crippen molar-refractivity contribution >= 4 is 33.5 Å². The minimum atomic E-state index is -0.745. The van der Waals surface area contributed by atoms with Gasteiger partial charge in [0, 0.05) is 17.4 Å². The van der Waals surface area contributed by atoms with Gasteiger partial charge >= 0.3 is 5.97 Å². The first-order chi connectivity index (χ1) is 7.99. The van der Waals surface area contributed by atoms with Crippen molar-refractivity contribution in [3.63, 3.8) is 0 Å². The molecule has 0 aliphatic rings. The molecule has 1 aromatic rings. The Bertz CT molecular complexity index is 398. The zero-order chi connectivity index (χ0) is 12.8. The number of carboxylic acid groups (broad SMARTS) is 1. The molecule has 0 amide bonds. The van der Waals surface area contributed by atoms with Crippen LogP contribution in [0.5, 0.6) is 0 Å². The Morgan fingerprint density at radius 1 is 1.53 bits per heavy atom. The van der Waals surface area contributed by atoms with Gasteiger partial charge in [-0.15, -0.1) is 0 Å². The number of carboxylic acids is 1. The summed E-state index contributed by atoms with van der Waals surface area (Å²) in [5, 5.41) is 9.24. The number of rotatable bonds is 6. The van der Waals surface area contributed by atoms with E-state index in [2.05, 4.69) is 20.8 Å². The Hall–Kier alpha value is -0.580. The van der Waals surface area contributed by atoms with Gasteiger partial charge in [0.2, 0.25) is 0 Å². The van der Waals surface area contributed by atoms with Crippen molar-refractivity contribution in [2.24, 2.45) is 0 Å². The van der Waals surface area contributed by atoms with Crippen molar-refractivity contribution in [1.29, 1.82) is 0 Å². The first-order valence-electron chi connectivity index (χ1n) is 5.33. The van der Waals surface area contributed by atoms with Gasteiger partial charge in [0.15, 0.2) is 0 Å². The van der Waals surface area contributed by atoms with Gasteiger partial charge < -0.3 is 10.0 Å². The summed E-state index contributed by atoms with van der Waals surface area (Å²) in [7, 11) is 1.97. The molecule has 0 aliphatic heterocycles. The Kier molecular flexibility index (Phi) is 5.95. The standard InChI is InChI=1S/C12H15BrClNO2/c1-15(6-2-3-12(16)17)8-9-4-5-10(13)11(14)7-9/h4-5,7H,2-3,6,8H2,1H3,(H,16,17). The first-order valence-corrected chi connectivity index (χ1v) is 6.50. The highest BCUT2D eigenvalue weighted by molar-refractivity contribution is 9.10. The van der Waals surface area contributed by atoms with E-state index < -0.39 is 5.97 Å². The molecule has 17 heavy (non-hydrogen) atoms. The van der Waals surface area contributed by atoms with Crippen molar-refractivity contribution in [3.8, 4) is 0 Å². The minimum Gasteiger partial charge on any atom is -0.481 e. The molecule has 0 radical (unpaired) electrons. The minimum absolute atomic E-state index is 0.214. The molecule has 0 aliphatic carbocycles. The van der Waals surface area contributed by atoms with Crippen LogP contribution in [0.3, 0.4) is 0 Å². The summed E-state index contributed by atoms with van der Waals surface area (Å²) in [6.45, 7) is 1.53. The molecular formula is C12H15BrClNO2. The van der Waals surface area contributed by atoms with Gasteiger partial charge in [-0.05, 0) is 53.6 Å². The average molecular weight is 321 g/mol. The van der Waals surface area contributed by atoms with Crippen molar-refractivity contribution in [1.82, 2.24) is 4.90 Å². The predicted molar refractivity (Wildman–Crippen MR) is 72.4 cm³/mol. The van der Waals surface area contributed by atoms with Gasteiger partial charge in [-0.2, -0.15) is 0 Å². The molecule has 94 valence electrons. The second-order valence-electron chi connectivity index (χ2n) is 3.98. The maximum Gasteiger partial charge on any atom is 0.303 e. The Labute approximate surface area is 115 Å². The lowest BCUT2D eigenvalue weighted by Crippen LogP contribution is -2.19. The molecule has 0 saturated heterocycles. The summed E-state index contributed by atoms with van der Waals surface area (Å²) in [4.78, 5) is 12.5. The van der Waals surface area contributed by atoms with Crippen LogP contribution in [0.15, 0.2) is 22.7 Å². The molecule has 0 spiro atoms. The number of hydrogen-bond acceptors (Lipinski definition) is 2. The van der Waals surface area contributed by atoms with Gasteiger partial charge in [-0.3, -0.25) is 4.79 Å². The highest BCUT2D eigenvalue weighted by Crippen LogP contribution is 2.23. The molecule has 3 nitrogen and oxygen atoms in total. The highest BCUT2D eigenvalue weighted by Gasteiger charge is 2.04. The zero-order valence-corrected chi connectivity index (χ0v) is 12.0. The van der Waals surface area contributed by atoms with E-state index >= 15 is 0 Å². The summed E-state index contributed by atoms with van der Waals surface area (Å²) in [6, 6.07) is 5.84. The fourth-order valence-corrected chi connectivity index (χ4v) is 1.98. The molecule has 1 N–H and O–H groups in total. The third kappa shape index (κ3) is 5.52. The maximum absolute atomic E-state index is 10.4. The second kappa shape index (κ2) is 6.99. The van der Waals surface area contributed by atoms with Crippen molar-refractivity contribution in [2.75, 3.05) is 13.6 Å². The summed E-state index contributed by atoms with van der Waals surface area (Å²) >= 11 is 9.34. The van der Waals surface area contributed by atoms with Crippen LogP contribution in [0.1, 0.15) is 18.4 Å². The van der Waals surface area contributed by atoms with Crippen LogP contribution in [-0.4, -0.2) is 29.6 Å². The normalized spacial score (nSPS) is 10.8. The first kappa shape index (κ1) is 14.5. The van der Waals surface area contributed by atoms with Crippen LogP contribution in [0, 0.1) is 0 Å². The van der Waals surface area contributed by atoms with Crippen molar-refractivity contribution in [2.45, 2.75) is 19.4 Å². The number of nitrogens with zero attached hydrogens (tertiary/aromatic N) is 1. The largest absolute Gasteiger partial charge is 0.481 e. The van der Waals surface area contributed by atoms with Crippen LogP contribution in [0.25, 0.3) is 0 Å². The Morgan fingerprint density at radius 2 is 2.24 bits per heavy atom. The number of aliphatic carboxylic acids is 1. The summed E-state index contributed by atoms with van der Waals surface area (Å²) in [5.41, 5.74) is 1.12. The Morgan fingerprint density at radius 3 is 2.82 bits per heavy atom. The summed E-state index contributed by atoms with van der Waals surface area (Å²) in [5.74, 6) is -0.745. The third-order valence-electron chi connectivity index (χ3n) is 2.37. The lowest BCUT2D eigenvalue weighted by Gasteiger charge is -2.16. The quantitative estimate of drug-likeness (QED) is 0.873. The van der Waals surface area contributed by atoms with Gasteiger partial charge in [0.25, 0.3) is 0 Å². The lowest BCUT2D eigenvalue weighted by atomic mass is 10.2. The lowest BCUT2D eigenvalue weighted by molar-refractivity contribution is -0.137. The molecule has 0 heterocycles. The number of carbonyl (C=O) groups is 1. The van der Waals surface area contributed by atoms with Gasteiger partial charge in [-0.1, -0.05) is 17.7 Å². The topological polar surface area (TPSA) is 40.5 Å². The van der Waals surface area contributed by atoms with Gasteiger partial charge in [0.05, 0.1) is 5.02 Å². The monoisotopic (exact) mass is 319 g/mol. The number of halogens is 2. The van der Waals surface area contributed by atoms with Crippen LogP contribution < -0.4 is 0 Å². The number of benzene rings is 1. The molecule has 0 bridgehead atoms. The average Bonchev–Trinajstić information content (AvgIpc) is 2.23. The Balaban J connectivity index is 2.42.